The summed E-state index contributed by atoms with van der Waals surface area (Å²) in [5, 5.41) is 2.88. The predicted molar refractivity (Wildman–Crippen MR) is 185 cm³/mol. The van der Waals surface area contributed by atoms with Crippen molar-refractivity contribution in [2.75, 3.05) is 37.5 Å². The Morgan fingerprint density at radius 1 is 1.20 bits per heavy atom. The van der Waals surface area contributed by atoms with Crippen molar-refractivity contribution in [2.24, 2.45) is 22.1 Å². The SMILES string of the molecule is CO[C@H]1/C=C/C[C@H](C)C[S@@](=O)(NC(=O)N[C@H]2CC2(F)F)=NC(=O)c2ccc3c(c2)N(C[C@@H]2CC[C@H]21)C[C@@]1(CCCc2cc(Cl)ccc21)CO3. The van der Waals surface area contributed by atoms with Gasteiger partial charge in [0.1, 0.15) is 21.7 Å². The molecule has 0 aromatic heterocycles. The van der Waals surface area contributed by atoms with Crippen molar-refractivity contribution in [1.82, 2.24) is 10.0 Å². The molecule has 7 atom stereocenters. The van der Waals surface area contributed by atoms with Gasteiger partial charge in [-0.25, -0.2) is 17.8 Å². The second-order valence-electron chi connectivity index (χ2n) is 14.6. The number of benzene rings is 2. The number of amides is 3. The molecular weight excluding hydrogens is 674 g/mol. The highest BCUT2D eigenvalue weighted by atomic mass is 35.5. The minimum atomic E-state index is -3.70. The molecule has 2 saturated carbocycles. The molecule has 2 fully saturated rings. The molecular formula is C36H43ClF2N4O5S. The van der Waals surface area contributed by atoms with Crippen LogP contribution in [0.25, 0.3) is 0 Å². The molecule has 2 N–H and O–H groups in total. The van der Waals surface area contributed by atoms with Crippen LogP contribution in [0.15, 0.2) is 52.9 Å². The van der Waals surface area contributed by atoms with Gasteiger partial charge in [0.25, 0.3) is 11.8 Å². The number of nitrogens with one attached hydrogen (secondary N) is 2. The number of rotatable bonds is 3. The van der Waals surface area contributed by atoms with Crippen molar-refractivity contribution in [2.45, 2.75) is 75.4 Å². The lowest BCUT2D eigenvalue weighted by molar-refractivity contribution is 0.0131. The van der Waals surface area contributed by atoms with E-state index in [4.69, 9.17) is 21.1 Å². The van der Waals surface area contributed by atoms with E-state index in [0.717, 1.165) is 44.3 Å². The third-order valence-corrected chi connectivity index (χ3v) is 13.1. The van der Waals surface area contributed by atoms with Crippen LogP contribution in [0, 0.1) is 17.8 Å². The van der Waals surface area contributed by atoms with E-state index in [1.807, 2.05) is 19.1 Å². The highest BCUT2D eigenvalue weighted by Gasteiger charge is 2.58. The summed E-state index contributed by atoms with van der Waals surface area (Å²) in [6.07, 6.45) is 8.90. The van der Waals surface area contributed by atoms with Crippen molar-refractivity contribution in [3.8, 4) is 5.75 Å². The summed E-state index contributed by atoms with van der Waals surface area (Å²) < 4.78 is 60.2. The molecule has 2 aromatic rings. The van der Waals surface area contributed by atoms with Crippen molar-refractivity contribution in [1.29, 1.82) is 0 Å². The highest BCUT2D eigenvalue weighted by Crippen LogP contribution is 2.47. The number of carbonyl (C=O) groups excluding carboxylic acids is 2. The zero-order valence-electron chi connectivity index (χ0n) is 27.8. The number of anilines is 1. The lowest BCUT2D eigenvalue weighted by atomic mass is 9.68. The smallest absolute Gasteiger partial charge is 0.327 e. The quantitative estimate of drug-likeness (QED) is 0.343. The molecule has 3 aliphatic carbocycles. The van der Waals surface area contributed by atoms with Crippen LogP contribution >= 0.6 is 11.6 Å². The molecule has 0 saturated heterocycles. The fourth-order valence-corrected chi connectivity index (χ4v) is 10.1. The van der Waals surface area contributed by atoms with Crippen LogP contribution in [0.3, 0.4) is 0 Å². The molecule has 2 aromatic carbocycles. The Morgan fingerprint density at radius 3 is 2.76 bits per heavy atom. The van der Waals surface area contributed by atoms with Crippen LogP contribution in [0.1, 0.15) is 66.9 Å². The average Bonchev–Trinajstić information content (AvgIpc) is 3.67. The van der Waals surface area contributed by atoms with E-state index in [1.165, 1.54) is 11.1 Å². The summed E-state index contributed by atoms with van der Waals surface area (Å²) in [5.74, 6) is -2.89. The largest absolute Gasteiger partial charge is 0.490 e. The molecule has 9 nitrogen and oxygen atoms in total. The van der Waals surface area contributed by atoms with Crippen LogP contribution in [0.5, 0.6) is 5.75 Å². The van der Waals surface area contributed by atoms with Crippen LogP contribution in [-0.4, -0.2) is 66.8 Å². The molecule has 1 spiro atoms. The number of aryl methyl sites for hydroxylation is 1. The molecule has 2 aliphatic heterocycles. The topological polar surface area (TPSA) is 109 Å². The van der Waals surface area contributed by atoms with Gasteiger partial charge < -0.3 is 19.7 Å². The number of urea groups is 1. The van der Waals surface area contributed by atoms with Crippen LogP contribution in [0.4, 0.5) is 19.3 Å². The van der Waals surface area contributed by atoms with E-state index in [2.05, 4.69) is 37.5 Å². The van der Waals surface area contributed by atoms with Crippen LogP contribution in [0.2, 0.25) is 5.02 Å². The zero-order chi connectivity index (χ0) is 34.6. The van der Waals surface area contributed by atoms with E-state index in [-0.39, 0.29) is 28.8 Å². The van der Waals surface area contributed by atoms with Gasteiger partial charge >= 0.3 is 6.03 Å². The maximum atomic E-state index is 14.2. The number of alkyl halides is 2. The van der Waals surface area contributed by atoms with E-state index in [0.29, 0.717) is 42.2 Å². The third-order valence-electron chi connectivity index (χ3n) is 10.9. The predicted octanol–water partition coefficient (Wildman–Crippen LogP) is 6.68. The molecule has 13 heteroatoms. The number of halogens is 3. The first-order valence-corrected chi connectivity index (χ1v) is 19.2. The van der Waals surface area contributed by atoms with Gasteiger partial charge in [-0.1, -0.05) is 36.7 Å². The Morgan fingerprint density at radius 2 is 2.02 bits per heavy atom. The maximum Gasteiger partial charge on any atom is 0.327 e. The van der Waals surface area contributed by atoms with Gasteiger partial charge in [-0.05, 0) is 97.7 Å². The first kappa shape index (κ1) is 34.2. The molecule has 49 heavy (non-hydrogen) atoms. The molecule has 2 bridgehead atoms. The lowest BCUT2D eigenvalue weighted by Crippen LogP contribution is -2.49. The van der Waals surface area contributed by atoms with Gasteiger partial charge in [0.15, 0.2) is 0 Å². The Bertz CT molecular complexity index is 1800. The number of nitrogens with zero attached hydrogens (tertiary/aromatic N) is 2. The highest BCUT2D eigenvalue weighted by molar-refractivity contribution is 7.92. The first-order valence-electron chi connectivity index (χ1n) is 17.1. The molecule has 0 radical (unpaired) electrons. The molecule has 0 unspecified atom stereocenters. The summed E-state index contributed by atoms with van der Waals surface area (Å²) in [7, 11) is -1.98. The normalized spacial score (nSPS) is 34.2. The Kier molecular flexibility index (Phi) is 9.19. The summed E-state index contributed by atoms with van der Waals surface area (Å²) in [6, 6.07) is 8.85. The molecule has 5 aliphatic rings. The van der Waals surface area contributed by atoms with Gasteiger partial charge in [0, 0.05) is 42.6 Å². The Hall–Kier alpha value is -3.22. The van der Waals surface area contributed by atoms with Gasteiger partial charge in [-0.15, -0.1) is 4.36 Å². The van der Waals surface area contributed by atoms with Gasteiger partial charge in [-0.2, -0.15) is 0 Å². The second-order valence-corrected chi connectivity index (χ2v) is 17.0. The summed E-state index contributed by atoms with van der Waals surface area (Å²) in [4.78, 5) is 28.8. The zero-order valence-corrected chi connectivity index (χ0v) is 29.3. The third kappa shape index (κ3) is 7.05. The van der Waals surface area contributed by atoms with Crippen LogP contribution < -0.4 is 19.7 Å². The van der Waals surface area contributed by atoms with Crippen molar-refractivity contribution >= 4 is 39.1 Å². The molecule has 264 valence electrons. The fourth-order valence-electron chi connectivity index (χ4n) is 8.07. The average molecular weight is 717 g/mol. The number of carbonyl (C=O) groups is 2. The standard InChI is InChI=1S/C36H43ClF2N4O5S/c1-22-5-3-7-30(47-2)27-11-8-25(27)18-43-20-35(14-4-6-23-15-26(37)10-12-28(23)35)21-48-31-13-9-24(16-29(31)43)33(44)41-49(46,19-22)42-34(45)40-32-17-36(32,38)39/h3,7,9-10,12-13,15-16,22,25,27,30,32H,4-6,8,11,14,17-21H2,1-2H3,(H2,40,41,42,44,45,46)/b7-3+/t22-,25-,27+,30-,32-,35-,49-/m0/s1. The first-order chi connectivity index (χ1) is 23.4. The number of fused-ring (bicyclic) bond motifs is 4. The van der Waals surface area contributed by atoms with Crippen molar-refractivity contribution in [3.05, 3.63) is 70.3 Å². The summed E-state index contributed by atoms with van der Waals surface area (Å²) in [6.45, 7) is 3.71. The van der Waals surface area contributed by atoms with E-state index >= 15 is 0 Å². The monoisotopic (exact) mass is 716 g/mol. The van der Waals surface area contributed by atoms with E-state index in [9.17, 15) is 22.6 Å². The number of hydrogen-bond donors (Lipinski definition) is 2. The minimum absolute atomic E-state index is 0.112. The number of ether oxygens (including phenoxy) is 2. The van der Waals surface area contributed by atoms with Crippen molar-refractivity contribution in [3.63, 3.8) is 0 Å². The Labute approximate surface area is 291 Å². The van der Waals surface area contributed by atoms with E-state index < -0.39 is 40.2 Å². The Balaban J connectivity index is 1.28. The molecule has 7 rings (SSSR count). The molecule has 3 amide bonds. The van der Waals surface area contributed by atoms with E-state index in [1.54, 1.807) is 25.3 Å². The number of allylic oxidation sites excluding steroid dienone is 1. The number of methoxy groups -OCH3 is 1. The van der Waals surface area contributed by atoms with Gasteiger partial charge in [-0.3, -0.25) is 9.52 Å². The summed E-state index contributed by atoms with van der Waals surface area (Å²) in [5.41, 5.74) is 3.12. The summed E-state index contributed by atoms with van der Waals surface area (Å²) >= 11 is 6.42. The van der Waals surface area contributed by atoms with Crippen molar-refractivity contribution < 1.29 is 32.1 Å². The minimum Gasteiger partial charge on any atom is -0.490 e. The van der Waals surface area contributed by atoms with Crippen LogP contribution in [-0.2, 0) is 26.5 Å². The lowest BCUT2D eigenvalue weighted by Gasteiger charge is -2.46. The molecule has 2 heterocycles. The maximum absolute atomic E-state index is 14.2. The number of hydrogen-bond acceptors (Lipinski definition) is 6. The van der Waals surface area contributed by atoms with Gasteiger partial charge in [0.05, 0.1) is 24.2 Å². The fraction of sp³-hybridized carbons (Fsp3) is 0.556. The second kappa shape index (κ2) is 13.2. The van der Waals surface area contributed by atoms with Gasteiger partial charge in [0.2, 0.25) is 0 Å².